The Kier molecular flexibility index (Phi) is 3.26. The third kappa shape index (κ3) is 2.79. The summed E-state index contributed by atoms with van der Waals surface area (Å²) in [7, 11) is 0. The van der Waals surface area contributed by atoms with Gasteiger partial charge in [0.05, 0.1) is 0 Å². The van der Waals surface area contributed by atoms with Crippen LogP contribution in [0.25, 0.3) is 0 Å². The van der Waals surface area contributed by atoms with Crippen molar-refractivity contribution in [2.45, 2.75) is 45.1 Å². The van der Waals surface area contributed by atoms with Crippen LogP contribution in [0, 0.1) is 0 Å². The molecule has 0 aromatic carbocycles. The average Bonchev–Trinajstić information content (AvgIpc) is 3.06. The summed E-state index contributed by atoms with van der Waals surface area (Å²) in [6.45, 7) is 6.12. The summed E-state index contributed by atoms with van der Waals surface area (Å²) in [5, 5.41) is 3.03. The van der Waals surface area contributed by atoms with Crippen LogP contribution in [0.2, 0.25) is 0 Å². The van der Waals surface area contributed by atoms with Crippen LogP contribution >= 0.6 is 0 Å². The molecule has 2 rings (SSSR count). The summed E-state index contributed by atoms with van der Waals surface area (Å²) < 4.78 is 0. The van der Waals surface area contributed by atoms with Crippen LogP contribution in [0.15, 0.2) is 12.1 Å². The Bertz CT molecular complexity index is 466. The zero-order valence-corrected chi connectivity index (χ0v) is 11.1. The van der Waals surface area contributed by atoms with E-state index in [-0.39, 0.29) is 17.4 Å². The quantitative estimate of drug-likeness (QED) is 0.560. The summed E-state index contributed by atoms with van der Waals surface area (Å²) >= 11 is 0. The summed E-state index contributed by atoms with van der Waals surface area (Å²) in [5.41, 5.74) is 3.95. The van der Waals surface area contributed by atoms with Crippen LogP contribution < -0.4 is 16.6 Å². The molecule has 0 spiro atoms. The Morgan fingerprint density at radius 1 is 1.44 bits per heavy atom. The largest absolute Gasteiger partial charge is 0.347 e. The summed E-state index contributed by atoms with van der Waals surface area (Å²) in [5.74, 6) is 6.10. The molecule has 1 fully saturated rings. The Hall–Kier alpha value is -1.62. The zero-order valence-electron chi connectivity index (χ0n) is 11.1. The summed E-state index contributed by atoms with van der Waals surface area (Å²) in [6.07, 6.45) is 2.09. The average molecular weight is 248 g/mol. The van der Waals surface area contributed by atoms with Crippen LogP contribution in [0.5, 0.6) is 0 Å². The molecule has 1 aliphatic carbocycles. The first-order valence-electron chi connectivity index (χ1n) is 6.25. The lowest BCUT2D eigenvalue weighted by atomic mass is 10.1. The number of nitrogens with two attached hydrogens (primary N) is 1. The predicted octanol–water partition coefficient (Wildman–Crippen LogP) is 1.77. The molecule has 0 unspecified atom stereocenters. The number of nitrogens with zero attached hydrogens (tertiary/aromatic N) is 1. The van der Waals surface area contributed by atoms with E-state index in [2.05, 4.69) is 22.7 Å². The standard InChI is InChI=1S/C13H20N4O/c1-8(2)10-6-9(7-11(15-10)17-14)12(18)16-13(3)4-5-13/h6-8H,4-5,14H2,1-3H3,(H,15,17)(H,16,18). The van der Waals surface area contributed by atoms with Gasteiger partial charge >= 0.3 is 0 Å². The molecule has 5 heteroatoms. The minimum Gasteiger partial charge on any atom is -0.347 e. The second-order valence-electron chi connectivity index (χ2n) is 5.48. The van der Waals surface area contributed by atoms with Gasteiger partial charge in [-0.1, -0.05) is 13.8 Å². The van der Waals surface area contributed by atoms with Gasteiger partial charge < -0.3 is 10.7 Å². The van der Waals surface area contributed by atoms with Gasteiger partial charge in [-0.2, -0.15) is 0 Å². The lowest BCUT2D eigenvalue weighted by Crippen LogP contribution is -2.34. The number of carbonyl (C=O) groups excluding carboxylic acids is 1. The van der Waals surface area contributed by atoms with Gasteiger partial charge in [0.25, 0.3) is 5.91 Å². The summed E-state index contributed by atoms with van der Waals surface area (Å²) in [6, 6.07) is 3.50. The number of anilines is 1. The monoisotopic (exact) mass is 248 g/mol. The lowest BCUT2D eigenvalue weighted by Gasteiger charge is -2.14. The van der Waals surface area contributed by atoms with Crippen molar-refractivity contribution in [3.63, 3.8) is 0 Å². The van der Waals surface area contributed by atoms with Crippen molar-refractivity contribution < 1.29 is 4.79 Å². The highest BCUT2D eigenvalue weighted by Gasteiger charge is 2.38. The molecule has 1 amide bonds. The molecule has 98 valence electrons. The Morgan fingerprint density at radius 2 is 2.11 bits per heavy atom. The van der Waals surface area contributed by atoms with Gasteiger partial charge in [-0.25, -0.2) is 10.8 Å². The molecule has 0 atom stereocenters. The fourth-order valence-corrected chi connectivity index (χ4v) is 1.71. The molecule has 1 heterocycles. The van der Waals surface area contributed by atoms with Crippen LogP contribution in [0.1, 0.15) is 55.6 Å². The topological polar surface area (TPSA) is 80.0 Å². The van der Waals surface area contributed by atoms with Crippen LogP contribution in [0.3, 0.4) is 0 Å². The van der Waals surface area contributed by atoms with Gasteiger partial charge in [-0.05, 0) is 37.8 Å². The first kappa shape index (κ1) is 12.8. The molecule has 0 radical (unpaired) electrons. The van der Waals surface area contributed by atoms with Crippen LogP contribution in [0.4, 0.5) is 5.82 Å². The zero-order chi connectivity index (χ0) is 13.3. The highest BCUT2D eigenvalue weighted by atomic mass is 16.1. The van der Waals surface area contributed by atoms with E-state index in [4.69, 9.17) is 5.84 Å². The SMILES string of the molecule is CC(C)c1cc(C(=O)NC2(C)CC2)cc(NN)n1. The third-order valence-electron chi connectivity index (χ3n) is 3.26. The van der Waals surface area contributed by atoms with Gasteiger partial charge in [0, 0.05) is 16.8 Å². The van der Waals surface area contributed by atoms with E-state index in [0.29, 0.717) is 11.4 Å². The van der Waals surface area contributed by atoms with Gasteiger partial charge in [-0.15, -0.1) is 0 Å². The maximum absolute atomic E-state index is 12.1. The maximum Gasteiger partial charge on any atom is 0.251 e. The molecule has 1 aliphatic rings. The van der Waals surface area contributed by atoms with Gasteiger partial charge in [-0.3, -0.25) is 4.79 Å². The van der Waals surface area contributed by atoms with E-state index in [9.17, 15) is 4.79 Å². The molecule has 1 saturated carbocycles. The molecular formula is C13H20N4O. The van der Waals surface area contributed by atoms with Gasteiger partial charge in [0.1, 0.15) is 5.82 Å². The number of pyridine rings is 1. The first-order valence-corrected chi connectivity index (χ1v) is 6.25. The van der Waals surface area contributed by atoms with E-state index in [0.717, 1.165) is 18.5 Å². The van der Waals surface area contributed by atoms with E-state index in [1.165, 1.54) is 0 Å². The second kappa shape index (κ2) is 4.57. The molecule has 1 aromatic rings. The Morgan fingerprint density at radius 3 is 2.61 bits per heavy atom. The number of nitrogens with one attached hydrogen (secondary N) is 2. The van der Waals surface area contributed by atoms with E-state index in [1.807, 2.05) is 19.9 Å². The van der Waals surface area contributed by atoms with E-state index >= 15 is 0 Å². The lowest BCUT2D eigenvalue weighted by molar-refractivity contribution is 0.0935. The van der Waals surface area contributed by atoms with Crippen molar-refractivity contribution in [1.82, 2.24) is 10.3 Å². The molecule has 0 aliphatic heterocycles. The first-order chi connectivity index (χ1) is 8.43. The summed E-state index contributed by atoms with van der Waals surface area (Å²) in [4.78, 5) is 16.5. The van der Waals surface area contributed by atoms with Gasteiger partial charge in [0.2, 0.25) is 0 Å². The fraction of sp³-hybridized carbons (Fsp3) is 0.538. The van der Waals surface area contributed by atoms with Crippen molar-refractivity contribution >= 4 is 11.7 Å². The van der Waals surface area contributed by atoms with Crippen molar-refractivity contribution in [3.8, 4) is 0 Å². The number of hydrogen-bond donors (Lipinski definition) is 3. The predicted molar refractivity (Wildman–Crippen MR) is 71.2 cm³/mol. The van der Waals surface area contributed by atoms with Gasteiger partial charge in [0.15, 0.2) is 0 Å². The van der Waals surface area contributed by atoms with Crippen LogP contribution in [-0.2, 0) is 0 Å². The Balaban J connectivity index is 2.25. The second-order valence-corrected chi connectivity index (χ2v) is 5.48. The third-order valence-corrected chi connectivity index (χ3v) is 3.26. The molecule has 0 saturated heterocycles. The molecule has 18 heavy (non-hydrogen) atoms. The van der Waals surface area contributed by atoms with Crippen molar-refractivity contribution in [1.29, 1.82) is 0 Å². The highest BCUT2D eigenvalue weighted by Crippen LogP contribution is 2.34. The number of carbonyl (C=O) groups is 1. The van der Waals surface area contributed by atoms with Crippen molar-refractivity contribution in [2.24, 2.45) is 5.84 Å². The van der Waals surface area contributed by atoms with E-state index in [1.54, 1.807) is 6.07 Å². The molecule has 1 aromatic heterocycles. The number of rotatable bonds is 4. The smallest absolute Gasteiger partial charge is 0.251 e. The number of amides is 1. The normalized spacial score (nSPS) is 16.5. The molecular weight excluding hydrogens is 228 g/mol. The van der Waals surface area contributed by atoms with Crippen molar-refractivity contribution in [3.05, 3.63) is 23.4 Å². The Labute approximate surface area is 107 Å². The molecule has 5 nitrogen and oxygen atoms in total. The number of hydrazine groups is 1. The van der Waals surface area contributed by atoms with E-state index < -0.39 is 0 Å². The number of aromatic nitrogens is 1. The van der Waals surface area contributed by atoms with Crippen molar-refractivity contribution in [2.75, 3.05) is 5.43 Å². The molecule has 0 bridgehead atoms. The fourth-order valence-electron chi connectivity index (χ4n) is 1.71. The minimum absolute atomic E-state index is 0.0192. The number of hydrogen-bond acceptors (Lipinski definition) is 4. The van der Waals surface area contributed by atoms with Crippen LogP contribution in [-0.4, -0.2) is 16.4 Å². The number of nitrogen functional groups attached to an aromatic ring is 1. The highest BCUT2D eigenvalue weighted by molar-refractivity contribution is 5.95. The maximum atomic E-state index is 12.1. The molecule has 4 N–H and O–H groups in total. The minimum atomic E-state index is -0.0594.